The summed E-state index contributed by atoms with van der Waals surface area (Å²) in [6, 6.07) is -0.836. The second-order valence-corrected chi connectivity index (χ2v) is 4.73. The van der Waals surface area contributed by atoms with Crippen LogP contribution in [0.3, 0.4) is 0 Å². The van der Waals surface area contributed by atoms with E-state index in [1.54, 1.807) is 19.2 Å². The molecule has 0 bridgehead atoms. The zero-order chi connectivity index (χ0) is 15.4. The maximum absolute atomic E-state index is 12.3. The predicted octanol–water partition coefficient (Wildman–Crippen LogP) is 3.50. The molecule has 19 heavy (non-hydrogen) atoms. The molecule has 0 aliphatic heterocycles. The van der Waals surface area contributed by atoms with Crippen LogP contribution in [-0.4, -0.2) is 30.2 Å². The first-order chi connectivity index (χ1) is 8.41. The molecule has 0 saturated heterocycles. The zero-order valence-electron chi connectivity index (χ0n) is 10.2. The average molecular weight is 314 g/mol. The molecule has 0 aliphatic rings. The second-order valence-electron chi connectivity index (χ2n) is 4.35. The topological polar surface area (TPSA) is 29.1 Å². The van der Waals surface area contributed by atoms with Crippen LogP contribution in [0.1, 0.15) is 20.3 Å². The fraction of sp³-hybridized carbons (Fsp3) is 0.900. The lowest BCUT2D eigenvalue weighted by Crippen LogP contribution is -2.51. The largest absolute Gasteiger partial charge is 0.409 e. The fourth-order valence-electron chi connectivity index (χ4n) is 1.44. The van der Waals surface area contributed by atoms with Gasteiger partial charge in [0.2, 0.25) is 11.8 Å². The second kappa shape index (κ2) is 6.67. The maximum Gasteiger partial charge on any atom is 0.409 e. The van der Waals surface area contributed by atoms with E-state index in [9.17, 15) is 31.1 Å². The summed E-state index contributed by atoms with van der Waals surface area (Å²) >= 11 is 5.39. The standard InChI is InChI=1S/C10H14ClF6NO/c1-5(2)6(3-4-11)18-8(19)7(9(12,13)14)10(15,16)17/h5-7H,3-4H2,1-2H3,(H,18,19). The Hall–Kier alpha value is -0.660. The van der Waals surface area contributed by atoms with Gasteiger partial charge in [-0.05, 0) is 12.3 Å². The minimum absolute atomic E-state index is 0.0197. The number of hydrogen-bond acceptors (Lipinski definition) is 1. The van der Waals surface area contributed by atoms with Gasteiger partial charge in [0.15, 0.2) is 0 Å². The smallest absolute Gasteiger partial charge is 0.352 e. The molecule has 2 nitrogen and oxygen atoms in total. The fourth-order valence-corrected chi connectivity index (χ4v) is 1.67. The quantitative estimate of drug-likeness (QED) is 0.611. The van der Waals surface area contributed by atoms with E-state index in [1.807, 2.05) is 0 Å². The van der Waals surface area contributed by atoms with E-state index in [0.717, 1.165) is 0 Å². The summed E-state index contributed by atoms with van der Waals surface area (Å²) < 4.78 is 73.8. The normalized spacial score (nSPS) is 14.9. The molecular weight excluding hydrogens is 300 g/mol. The van der Waals surface area contributed by atoms with Crippen LogP contribution in [0, 0.1) is 11.8 Å². The Morgan fingerprint density at radius 2 is 1.53 bits per heavy atom. The van der Waals surface area contributed by atoms with Gasteiger partial charge in [0.05, 0.1) is 0 Å². The van der Waals surface area contributed by atoms with E-state index in [4.69, 9.17) is 11.6 Å². The van der Waals surface area contributed by atoms with Crippen LogP contribution >= 0.6 is 11.6 Å². The SMILES string of the molecule is CC(C)C(CCCl)NC(=O)C(C(F)(F)F)C(F)(F)F. The molecule has 0 aromatic rings. The Bertz CT molecular complexity index is 287. The molecule has 0 spiro atoms. The third kappa shape index (κ3) is 5.88. The zero-order valence-corrected chi connectivity index (χ0v) is 11.0. The first-order valence-electron chi connectivity index (χ1n) is 5.41. The van der Waals surface area contributed by atoms with Crippen molar-refractivity contribution in [3.8, 4) is 0 Å². The molecule has 114 valence electrons. The van der Waals surface area contributed by atoms with Crippen LogP contribution in [0.25, 0.3) is 0 Å². The average Bonchev–Trinajstić information content (AvgIpc) is 2.11. The highest BCUT2D eigenvalue weighted by atomic mass is 35.5. The summed E-state index contributed by atoms with van der Waals surface area (Å²) in [5.74, 6) is -6.42. The van der Waals surface area contributed by atoms with Crippen LogP contribution < -0.4 is 5.32 Å². The van der Waals surface area contributed by atoms with Gasteiger partial charge in [-0.15, -0.1) is 11.6 Å². The molecular formula is C10H14ClF6NO. The first-order valence-corrected chi connectivity index (χ1v) is 5.94. The number of nitrogens with one attached hydrogen (secondary N) is 1. The van der Waals surface area contributed by atoms with Crippen molar-refractivity contribution in [3.63, 3.8) is 0 Å². The lowest BCUT2D eigenvalue weighted by atomic mass is 10.00. The minimum Gasteiger partial charge on any atom is -0.352 e. The number of amides is 1. The van der Waals surface area contributed by atoms with Crippen molar-refractivity contribution >= 4 is 17.5 Å². The Kier molecular flexibility index (Phi) is 6.44. The third-order valence-corrected chi connectivity index (χ3v) is 2.69. The molecule has 0 fully saturated rings. The van der Waals surface area contributed by atoms with E-state index < -0.39 is 30.2 Å². The molecule has 9 heteroatoms. The van der Waals surface area contributed by atoms with E-state index in [1.165, 1.54) is 0 Å². The highest BCUT2D eigenvalue weighted by Gasteiger charge is 2.61. The summed E-state index contributed by atoms with van der Waals surface area (Å²) in [7, 11) is 0. The van der Waals surface area contributed by atoms with E-state index in [2.05, 4.69) is 0 Å². The van der Waals surface area contributed by atoms with Gasteiger partial charge < -0.3 is 5.32 Å². The van der Waals surface area contributed by atoms with Gasteiger partial charge in [-0.2, -0.15) is 26.3 Å². The van der Waals surface area contributed by atoms with E-state index >= 15 is 0 Å². The Morgan fingerprint density at radius 1 is 1.11 bits per heavy atom. The van der Waals surface area contributed by atoms with Gasteiger partial charge in [0.1, 0.15) is 0 Å². The van der Waals surface area contributed by atoms with Crippen LogP contribution in [0.2, 0.25) is 0 Å². The van der Waals surface area contributed by atoms with Crippen molar-refractivity contribution in [2.75, 3.05) is 5.88 Å². The molecule has 0 heterocycles. The van der Waals surface area contributed by atoms with Crippen LogP contribution in [0.5, 0.6) is 0 Å². The number of hydrogen-bond donors (Lipinski definition) is 1. The minimum atomic E-state index is -5.68. The van der Waals surface area contributed by atoms with Crippen molar-refractivity contribution in [3.05, 3.63) is 0 Å². The summed E-state index contributed by atoms with van der Waals surface area (Å²) in [5, 5.41) is 1.77. The highest BCUT2D eigenvalue weighted by Crippen LogP contribution is 2.39. The van der Waals surface area contributed by atoms with Crippen LogP contribution in [0.15, 0.2) is 0 Å². The van der Waals surface area contributed by atoms with Gasteiger partial charge >= 0.3 is 12.4 Å². The van der Waals surface area contributed by atoms with Crippen molar-refractivity contribution in [1.29, 1.82) is 0 Å². The Balaban J connectivity index is 5.02. The van der Waals surface area contributed by atoms with Crippen LogP contribution in [-0.2, 0) is 4.79 Å². The monoisotopic (exact) mass is 313 g/mol. The predicted molar refractivity (Wildman–Crippen MR) is 57.7 cm³/mol. The highest BCUT2D eigenvalue weighted by molar-refractivity contribution is 6.17. The van der Waals surface area contributed by atoms with E-state index in [-0.39, 0.29) is 18.2 Å². The first kappa shape index (κ1) is 18.3. The van der Waals surface area contributed by atoms with Crippen molar-refractivity contribution in [1.82, 2.24) is 5.32 Å². The van der Waals surface area contributed by atoms with Gasteiger partial charge in [0, 0.05) is 11.9 Å². The van der Waals surface area contributed by atoms with Crippen molar-refractivity contribution in [2.45, 2.75) is 38.7 Å². The third-order valence-electron chi connectivity index (χ3n) is 2.47. The number of rotatable bonds is 5. The van der Waals surface area contributed by atoms with Crippen molar-refractivity contribution < 1.29 is 31.1 Å². The number of alkyl halides is 7. The molecule has 0 rings (SSSR count). The number of carbonyl (C=O) groups is 1. The van der Waals surface area contributed by atoms with Gasteiger partial charge in [0.25, 0.3) is 0 Å². The summed E-state index contributed by atoms with van der Waals surface area (Å²) in [6.45, 7) is 3.13. The summed E-state index contributed by atoms with van der Waals surface area (Å²) in [6.07, 6.45) is -11.3. The molecule has 0 aromatic carbocycles. The van der Waals surface area contributed by atoms with Crippen molar-refractivity contribution in [2.24, 2.45) is 11.8 Å². The van der Waals surface area contributed by atoms with Gasteiger partial charge in [-0.1, -0.05) is 13.8 Å². The molecule has 1 N–H and O–H groups in total. The number of carbonyl (C=O) groups excluding carboxylic acids is 1. The lowest BCUT2D eigenvalue weighted by Gasteiger charge is -2.27. The lowest BCUT2D eigenvalue weighted by molar-refractivity contribution is -0.274. The molecule has 1 atom stereocenters. The maximum atomic E-state index is 12.3. The molecule has 0 saturated carbocycles. The Morgan fingerprint density at radius 3 is 1.79 bits per heavy atom. The molecule has 0 radical (unpaired) electrons. The molecule has 1 amide bonds. The van der Waals surface area contributed by atoms with Gasteiger partial charge in [-0.3, -0.25) is 4.79 Å². The molecule has 1 unspecified atom stereocenters. The molecule has 0 aliphatic carbocycles. The summed E-state index contributed by atoms with van der Waals surface area (Å²) in [5.41, 5.74) is 0. The molecule has 0 aromatic heterocycles. The van der Waals surface area contributed by atoms with Gasteiger partial charge in [-0.25, -0.2) is 0 Å². The summed E-state index contributed by atoms with van der Waals surface area (Å²) in [4.78, 5) is 11.2. The van der Waals surface area contributed by atoms with E-state index in [0.29, 0.717) is 0 Å². The Labute approximate surface area is 111 Å². The number of halogens is 7. The van der Waals surface area contributed by atoms with Crippen LogP contribution in [0.4, 0.5) is 26.3 Å².